The minimum atomic E-state index is -0.117. The van der Waals surface area contributed by atoms with E-state index < -0.39 is 0 Å². The van der Waals surface area contributed by atoms with Crippen molar-refractivity contribution in [3.05, 3.63) is 30.1 Å². The molecule has 1 amide bonds. The predicted octanol–water partition coefficient (Wildman–Crippen LogP) is 1.16. The number of aryl methyl sites for hydroxylation is 1. The van der Waals surface area contributed by atoms with E-state index in [9.17, 15) is 4.79 Å². The highest BCUT2D eigenvalue weighted by atomic mass is 32.2. The van der Waals surface area contributed by atoms with Gasteiger partial charge in [-0.1, -0.05) is 12.1 Å². The number of hydrazine groups is 1. The minimum Gasteiger partial charge on any atom is -0.340 e. The van der Waals surface area contributed by atoms with Crippen molar-refractivity contribution in [2.45, 2.75) is 32.0 Å². The van der Waals surface area contributed by atoms with Gasteiger partial charge in [-0.15, -0.1) is 0 Å². The molecular weight excluding hydrogens is 322 g/mol. The molecule has 2 aliphatic heterocycles. The molecule has 2 saturated heterocycles. The van der Waals surface area contributed by atoms with Gasteiger partial charge in [0.15, 0.2) is 0 Å². The highest BCUT2D eigenvalue weighted by Gasteiger charge is 2.33. The van der Waals surface area contributed by atoms with Crippen molar-refractivity contribution in [2.24, 2.45) is 0 Å². The zero-order chi connectivity index (χ0) is 16.5. The number of fused-ring (bicyclic) bond motifs is 1. The van der Waals surface area contributed by atoms with E-state index >= 15 is 0 Å². The number of aromatic nitrogens is 2. The first kappa shape index (κ1) is 15.9. The summed E-state index contributed by atoms with van der Waals surface area (Å²) in [6.45, 7) is 4.60. The summed E-state index contributed by atoms with van der Waals surface area (Å²) in [6, 6.07) is 8.31. The molecule has 7 heteroatoms. The fourth-order valence-corrected chi connectivity index (χ4v) is 4.46. The minimum absolute atomic E-state index is 0.117. The van der Waals surface area contributed by atoms with Gasteiger partial charge in [-0.3, -0.25) is 10.2 Å². The van der Waals surface area contributed by atoms with Gasteiger partial charge < -0.3 is 9.47 Å². The van der Waals surface area contributed by atoms with Gasteiger partial charge in [-0.05, 0) is 25.5 Å². The number of benzene rings is 1. The molecule has 2 fully saturated rings. The number of para-hydroxylation sites is 2. The van der Waals surface area contributed by atoms with Crippen LogP contribution in [0.25, 0.3) is 11.0 Å². The Morgan fingerprint density at radius 1 is 1.29 bits per heavy atom. The molecule has 0 saturated carbocycles. The summed E-state index contributed by atoms with van der Waals surface area (Å²) in [7, 11) is 0. The lowest BCUT2D eigenvalue weighted by atomic mass is 10.1. The normalized spacial score (nSPS) is 24.6. The van der Waals surface area contributed by atoms with Crippen molar-refractivity contribution in [3.63, 3.8) is 0 Å². The molecule has 2 unspecified atom stereocenters. The molecule has 128 valence electrons. The highest BCUT2D eigenvalue weighted by molar-refractivity contribution is 7.99. The van der Waals surface area contributed by atoms with Crippen molar-refractivity contribution in [3.8, 4) is 0 Å². The lowest BCUT2D eigenvalue weighted by Crippen LogP contribution is -2.48. The third-order valence-corrected chi connectivity index (χ3v) is 5.79. The van der Waals surface area contributed by atoms with Crippen molar-refractivity contribution in [1.29, 1.82) is 0 Å². The van der Waals surface area contributed by atoms with Crippen LogP contribution in [0, 0.1) is 6.92 Å². The van der Waals surface area contributed by atoms with Gasteiger partial charge in [0.05, 0.1) is 11.0 Å². The Labute approximate surface area is 146 Å². The summed E-state index contributed by atoms with van der Waals surface area (Å²) in [5.41, 5.74) is 8.69. The number of nitrogens with one attached hydrogen (secondary N) is 2. The topological polar surface area (TPSA) is 62.2 Å². The molecule has 0 bridgehead atoms. The van der Waals surface area contributed by atoms with Gasteiger partial charge in [-0.25, -0.2) is 10.4 Å². The summed E-state index contributed by atoms with van der Waals surface area (Å²) in [5, 5.41) is 0. The second-order valence-electron chi connectivity index (χ2n) is 6.47. The largest absolute Gasteiger partial charge is 0.340 e. The van der Waals surface area contributed by atoms with E-state index in [0.717, 1.165) is 54.4 Å². The highest BCUT2D eigenvalue weighted by Crippen LogP contribution is 2.19. The monoisotopic (exact) mass is 345 g/mol. The average Bonchev–Trinajstić information content (AvgIpc) is 3.21. The molecule has 2 atom stereocenters. The van der Waals surface area contributed by atoms with E-state index in [4.69, 9.17) is 0 Å². The molecule has 0 spiro atoms. The number of hydrogen-bond acceptors (Lipinski definition) is 5. The first-order valence-corrected chi connectivity index (χ1v) is 9.67. The quantitative estimate of drug-likeness (QED) is 0.874. The van der Waals surface area contributed by atoms with E-state index in [1.165, 1.54) is 0 Å². The second-order valence-corrected chi connectivity index (χ2v) is 7.69. The Bertz CT molecular complexity index is 740. The van der Waals surface area contributed by atoms with Crippen molar-refractivity contribution >= 4 is 28.7 Å². The molecule has 1 aromatic carbocycles. The summed E-state index contributed by atoms with van der Waals surface area (Å²) in [4.78, 5) is 19.2. The third kappa shape index (κ3) is 3.03. The molecule has 1 aromatic heterocycles. The Morgan fingerprint density at radius 2 is 2.08 bits per heavy atom. The molecule has 6 nitrogen and oxygen atoms in total. The van der Waals surface area contributed by atoms with Crippen LogP contribution in [-0.2, 0) is 11.3 Å². The number of amides is 1. The molecular formula is C17H23N5OS. The van der Waals surface area contributed by atoms with Gasteiger partial charge in [0, 0.05) is 37.2 Å². The van der Waals surface area contributed by atoms with Crippen LogP contribution in [0.2, 0.25) is 0 Å². The van der Waals surface area contributed by atoms with Crippen molar-refractivity contribution < 1.29 is 4.79 Å². The lowest BCUT2D eigenvalue weighted by Gasteiger charge is -2.28. The molecule has 3 heterocycles. The van der Waals surface area contributed by atoms with Crippen LogP contribution in [0.3, 0.4) is 0 Å². The van der Waals surface area contributed by atoms with Crippen LogP contribution in [0.4, 0.5) is 0 Å². The number of imidazole rings is 1. The molecule has 2 aliphatic rings. The maximum absolute atomic E-state index is 12.6. The zero-order valence-corrected chi connectivity index (χ0v) is 14.7. The fraction of sp³-hybridized carbons (Fsp3) is 0.529. The van der Waals surface area contributed by atoms with Crippen LogP contribution in [0.5, 0.6) is 0 Å². The van der Waals surface area contributed by atoms with Gasteiger partial charge in [-0.2, -0.15) is 11.8 Å². The molecule has 4 rings (SSSR count). The number of thioether (sulfide) groups is 1. The summed E-state index contributed by atoms with van der Waals surface area (Å²) >= 11 is 1.92. The Morgan fingerprint density at radius 3 is 2.92 bits per heavy atom. The van der Waals surface area contributed by atoms with Crippen LogP contribution >= 0.6 is 11.8 Å². The standard InChI is InChI=1S/C17H23N5OS/c1-12-18-14-4-2-3-5-16(14)22(12)11-13-10-15(20-19-13)17(23)21-6-8-24-9-7-21/h2-5,13,15,19-20H,6-11H2,1H3. The lowest BCUT2D eigenvalue weighted by molar-refractivity contribution is -0.132. The van der Waals surface area contributed by atoms with Gasteiger partial charge in [0.1, 0.15) is 11.9 Å². The fourth-order valence-electron chi connectivity index (χ4n) is 3.55. The van der Waals surface area contributed by atoms with E-state index in [2.05, 4.69) is 26.5 Å². The van der Waals surface area contributed by atoms with E-state index in [1.807, 2.05) is 41.8 Å². The molecule has 0 aliphatic carbocycles. The van der Waals surface area contributed by atoms with Gasteiger partial charge in [0.25, 0.3) is 0 Å². The zero-order valence-electron chi connectivity index (χ0n) is 13.9. The van der Waals surface area contributed by atoms with Gasteiger partial charge in [0.2, 0.25) is 5.91 Å². The number of carbonyl (C=O) groups excluding carboxylic acids is 1. The second kappa shape index (κ2) is 6.74. The molecule has 2 aromatic rings. The Kier molecular flexibility index (Phi) is 4.47. The number of carbonyl (C=O) groups is 1. The maximum Gasteiger partial charge on any atom is 0.241 e. The van der Waals surface area contributed by atoms with Crippen molar-refractivity contribution in [2.75, 3.05) is 24.6 Å². The maximum atomic E-state index is 12.6. The van der Waals surface area contributed by atoms with Crippen LogP contribution in [0.15, 0.2) is 24.3 Å². The first-order chi connectivity index (χ1) is 11.7. The number of nitrogens with zero attached hydrogens (tertiary/aromatic N) is 3. The Balaban J connectivity index is 1.43. The molecule has 24 heavy (non-hydrogen) atoms. The SMILES string of the molecule is Cc1nc2ccccc2n1CC1CC(C(=O)N2CCSCC2)NN1. The van der Waals surface area contributed by atoms with E-state index in [0.29, 0.717) is 0 Å². The number of hydrogen-bond donors (Lipinski definition) is 2. The predicted molar refractivity (Wildman–Crippen MR) is 96.8 cm³/mol. The average molecular weight is 345 g/mol. The Hall–Kier alpha value is -1.57. The van der Waals surface area contributed by atoms with Gasteiger partial charge >= 0.3 is 0 Å². The van der Waals surface area contributed by atoms with Crippen LogP contribution in [0.1, 0.15) is 12.2 Å². The summed E-state index contributed by atoms with van der Waals surface area (Å²) < 4.78 is 2.24. The summed E-state index contributed by atoms with van der Waals surface area (Å²) in [6.07, 6.45) is 0.814. The van der Waals surface area contributed by atoms with Crippen LogP contribution < -0.4 is 10.9 Å². The van der Waals surface area contributed by atoms with Crippen molar-refractivity contribution in [1.82, 2.24) is 25.3 Å². The molecule has 0 radical (unpaired) electrons. The number of rotatable bonds is 3. The van der Waals surface area contributed by atoms with E-state index in [1.54, 1.807) is 0 Å². The van der Waals surface area contributed by atoms with Crippen LogP contribution in [-0.4, -0.2) is 57.0 Å². The summed E-state index contributed by atoms with van der Waals surface area (Å²) in [5.74, 6) is 3.35. The first-order valence-electron chi connectivity index (χ1n) is 8.52. The third-order valence-electron chi connectivity index (χ3n) is 4.85. The smallest absolute Gasteiger partial charge is 0.241 e. The molecule has 2 N–H and O–H groups in total. The van der Waals surface area contributed by atoms with E-state index in [-0.39, 0.29) is 18.0 Å².